The van der Waals surface area contributed by atoms with E-state index in [0.29, 0.717) is 0 Å². The van der Waals surface area contributed by atoms with Crippen LogP contribution in [0, 0.1) is 5.92 Å². The molecule has 0 saturated carbocycles. The second kappa shape index (κ2) is 4.12. The van der Waals surface area contributed by atoms with Gasteiger partial charge < -0.3 is 5.32 Å². The fraction of sp³-hybridized carbons (Fsp3) is 0.833. The molecule has 3 nitrogen and oxygen atoms in total. The Morgan fingerprint density at radius 3 is 2.60 bits per heavy atom. The van der Waals surface area contributed by atoms with Crippen LogP contribution in [0.2, 0.25) is 0 Å². The number of piperidine rings is 1. The van der Waals surface area contributed by atoms with Gasteiger partial charge in [-0.05, 0) is 25.9 Å². The summed E-state index contributed by atoms with van der Waals surface area (Å²) in [5.74, 6) is 0.431. The summed E-state index contributed by atoms with van der Waals surface area (Å²) in [7, 11) is 0. The largest absolute Gasteiger partial charge is 0.317 e. The first-order chi connectivity index (χ1) is 4.84. The quantitative estimate of drug-likeness (QED) is 0.527. The van der Waals surface area contributed by atoms with E-state index in [2.05, 4.69) is 8.85 Å². The molecule has 10 heavy (non-hydrogen) atoms. The number of carbonyl (C=O) groups is 1. The minimum atomic E-state index is 0.183. The Bertz CT molecular complexity index is 123. The maximum absolute atomic E-state index is 11.0. The Labute approximate surface area is 74.4 Å². The van der Waals surface area contributed by atoms with Gasteiger partial charge in [0.25, 0.3) is 0 Å². The molecular formula is C6H11IN2O. The van der Waals surface area contributed by atoms with Crippen molar-refractivity contribution in [2.75, 3.05) is 13.1 Å². The minimum Gasteiger partial charge on any atom is -0.317 e. The fourth-order valence-electron chi connectivity index (χ4n) is 1.16. The lowest BCUT2D eigenvalue weighted by Crippen LogP contribution is -2.34. The van der Waals surface area contributed by atoms with Crippen LogP contribution in [0.25, 0.3) is 0 Å². The summed E-state index contributed by atoms with van der Waals surface area (Å²) in [6.07, 6.45) is 1.96. The third kappa shape index (κ3) is 2.09. The summed E-state index contributed by atoms with van der Waals surface area (Å²) >= 11 is 1.90. The number of amides is 1. The third-order valence-corrected chi connectivity index (χ3v) is 2.33. The van der Waals surface area contributed by atoms with Gasteiger partial charge in [0.05, 0.1) is 22.9 Å². The van der Waals surface area contributed by atoms with E-state index in [1.807, 2.05) is 22.9 Å². The summed E-state index contributed by atoms with van der Waals surface area (Å²) in [6.45, 7) is 1.96. The molecule has 0 aromatic heterocycles. The van der Waals surface area contributed by atoms with Crippen LogP contribution in [0.1, 0.15) is 12.8 Å². The molecule has 1 rings (SSSR count). The van der Waals surface area contributed by atoms with E-state index in [9.17, 15) is 4.79 Å². The monoisotopic (exact) mass is 254 g/mol. The number of rotatable bonds is 1. The average molecular weight is 254 g/mol. The highest BCUT2D eigenvalue weighted by molar-refractivity contribution is 14.1. The topological polar surface area (TPSA) is 41.1 Å². The van der Waals surface area contributed by atoms with Crippen molar-refractivity contribution in [2.45, 2.75) is 12.8 Å². The van der Waals surface area contributed by atoms with Gasteiger partial charge >= 0.3 is 0 Å². The van der Waals surface area contributed by atoms with E-state index in [-0.39, 0.29) is 11.8 Å². The zero-order valence-electron chi connectivity index (χ0n) is 5.69. The SMILES string of the molecule is O=C(NI)C1CCNCC1. The second-order valence-electron chi connectivity index (χ2n) is 2.48. The second-order valence-corrected chi connectivity index (χ2v) is 3.02. The number of hydrogen-bond donors (Lipinski definition) is 2. The Balaban J connectivity index is 2.31. The zero-order valence-corrected chi connectivity index (χ0v) is 7.85. The highest BCUT2D eigenvalue weighted by Crippen LogP contribution is 2.11. The van der Waals surface area contributed by atoms with Gasteiger partial charge in [0.2, 0.25) is 5.91 Å². The van der Waals surface area contributed by atoms with Crippen molar-refractivity contribution >= 4 is 28.8 Å². The van der Waals surface area contributed by atoms with Gasteiger partial charge in [-0.1, -0.05) is 0 Å². The first kappa shape index (κ1) is 8.26. The Morgan fingerprint density at radius 2 is 2.10 bits per heavy atom. The highest BCUT2D eigenvalue weighted by atomic mass is 127. The molecule has 0 atom stereocenters. The molecule has 1 fully saturated rings. The first-order valence-corrected chi connectivity index (χ1v) is 4.53. The van der Waals surface area contributed by atoms with Crippen LogP contribution < -0.4 is 8.85 Å². The molecule has 0 bridgehead atoms. The molecule has 1 saturated heterocycles. The molecule has 1 heterocycles. The molecule has 58 valence electrons. The molecule has 2 N–H and O–H groups in total. The zero-order chi connectivity index (χ0) is 7.40. The summed E-state index contributed by atoms with van der Waals surface area (Å²) in [5.41, 5.74) is 0. The number of carbonyl (C=O) groups excluding carboxylic acids is 1. The van der Waals surface area contributed by atoms with Crippen LogP contribution in [0.4, 0.5) is 0 Å². The van der Waals surface area contributed by atoms with Gasteiger partial charge in [0, 0.05) is 5.92 Å². The predicted octanol–water partition coefficient (Wildman–Crippen LogP) is 0.452. The van der Waals surface area contributed by atoms with Crippen molar-refractivity contribution in [1.82, 2.24) is 8.85 Å². The maximum atomic E-state index is 11.0. The normalized spacial score (nSPS) is 20.5. The molecule has 0 radical (unpaired) electrons. The summed E-state index contributed by atoms with van der Waals surface area (Å²) < 4.78 is 2.64. The molecule has 1 aliphatic rings. The lowest BCUT2D eigenvalue weighted by Gasteiger charge is -2.20. The molecule has 4 heteroatoms. The molecule has 0 aromatic carbocycles. The average Bonchev–Trinajstić information content (AvgIpc) is 2.05. The molecule has 1 amide bonds. The first-order valence-electron chi connectivity index (χ1n) is 3.46. The van der Waals surface area contributed by atoms with Crippen LogP contribution >= 0.6 is 22.9 Å². The summed E-state index contributed by atoms with van der Waals surface area (Å²) in [5, 5.41) is 3.21. The summed E-state index contributed by atoms with van der Waals surface area (Å²) in [6, 6.07) is 0. The van der Waals surface area contributed by atoms with E-state index in [1.54, 1.807) is 0 Å². The smallest absolute Gasteiger partial charge is 0.231 e. The Morgan fingerprint density at radius 1 is 1.50 bits per heavy atom. The lowest BCUT2D eigenvalue weighted by molar-refractivity contribution is -0.123. The molecule has 0 unspecified atom stereocenters. The van der Waals surface area contributed by atoms with E-state index in [1.165, 1.54) is 0 Å². The van der Waals surface area contributed by atoms with E-state index in [0.717, 1.165) is 25.9 Å². The van der Waals surface area contributed by atoms with Crippen molar-refractivity contribution in [2.24, 2.45) is 5.92 Å². The Kier molecular flexibility index (Phi) is 3.41. The van der Waals surface area contributed by atoms with Crippen LogP contribution in [-0.2, 0) is 4.79 Å². The van der Waals surface area contributed by atoms with Crippen LogP contribution in [0.3, 0.4) is 0 Å². The standard InChI is InChI=1S/C6H11IN2O/c7-9-6(10)5-1-3-8-4-2-5/h5,8H,1-4H2,(H,9,10). The molecule has 0 aliphatic carbocycles. The van der Waals surface area contributed by atoms with Crippen molar-refractivity contribution in [3.63, 3.8) is 0 Å². The fourth-order valence-corrected chi connectivity index (χ4v) is 1.60. The van der Waals surface area contributed by atoms with Crippen molar-refractivity contribution in [3.05, 3.63) is 0 Å². The van der Waals surface area contributed by atoms with Gasteiger partial charge in [0.15, 0.2) is 0 Å². The highest BCUT2D eigenvalue weighted by Gasteiger charge is 2.19. The van der Waals surface area contributed by atoms with E-state index < -0.39 is 0 Å². The molecule has 0 spiro atoms. The van der Waals surface area contributed by atoms with E-state index >= 15 is 0 Å². The molecule has 1 aliphatic heterocycles. The van der Waals surface area contributed by atoms with Gasteiger partial charge in [0.1, 0.15) is 0 Å². The number of halogens is 1. The maximum Gasteiger partial charge on any atom is 0.231 e. The van der Waals surface area contributed by atoms with Gasteiger partial charge in [-0.2, -0.15) is 0 Å². The Hall–Kier alpha value is 0.160. The predicted molar refractivity (Wildman–Crippen MR) is 47.8 cm³/mol. The minimum absolute atomic E-state index is 0.183. The van der Waals surface area contributed by atoms with Crippen LogP contribution in [0.15, 0.2) is 0 Å². The van der Waals surface area contributed by atoms with Crippen LogP contribution in [-0.4, -0.2) is 19.0 Å². The number of nitrogens with one attached hydrogen (secondary N) is 2. The van der Waals surface area contributed by atoms with Gasteiger partial charge in [-0.15, -0.1) is 0 Å². The molecular weight excluding hydrogens is 243 g/mol. The number of hydrogen-bond acceptors (Lipinski definition) is 2. The van der Waals surface area contributed by atoms with Gasteiger partial charge in [-0.25, -0.2) is 0 Å². The van der Waals surface area contributed by atoms with Crippen molar-refractivity contribution in [3.8, 4) is 0 Å². The molecule has 0 aromatic rings. The van der Waals surface area contributed by atoms with Crippen molar-refractivity contribution in [1.29, 1.82) is 0 Å². The van der Waals surface area contributed by atoms with Crippen LogP contribution in [0.5, 0.6) is 0 Å². The van der Waals surface area contributed by atoms with Gasteiger partial charge in [-0.3, -0.25) is 8.32 Å². The third-order valence-electron chi connectivity index (χ3n) is 1.80. The van der Waals surface area contributed by atoms with E-state index in [4.69, 9.17) is 0 Å². The summed E-state index contributed by atoms with van der Waals surface area (Å²) in [4.78, 5) is 11.0. The van der Waals surface area contributed by atoms with Crippen molar-refractivity contribution < 1.29 is 4.79 Å². The lowest BCUT2D eigenvalue weighted by atomic mass is 9.98.